The van der Waals surface area contributed by atoms with Crippen molar-refractivity contribution in [2.45, 2.75) is 44.4 Å². The summed E-state index contributed by atoms with van der Waals surface area (Å²) in [7, 11) is 0. The minimum absolute atomic E-state index is 0.178. The number of hydrogen-bond acceptors (Lipinski definition) is 3. The van der Waals surface area contributed by atoms with Gasteiger partial charge in [0.25, 0.3) is 11.5 Å². The van der Waals surface area contributed by atoms with Crippen molar-refractivity contribution in [2.24, 2.45) is 5.92 Å². The van der Waals surface area contributed by atoms with Gasteiger partial charge >= 0.3 is 0 Å². The molecule has 5 heteroatoms. The topological polar surface area (TPSA) is 66.1 Å². The van der Waals surface area contributed by atoms with Crippen LogP contribution < -0.4 is 5.56 Å². The Morgan fingerprint density at radius 2 is 1.85 bits per heavy atom. The smallest absolute Gasteiger partial charge is 0.263 e. The van der Waals surface area contributed by atoms with Crippen molar-refractivity contribution < 1.29 is 4.79 Å². The lowest BCUT2D eigenvalue weighted by Crippen LogP contribution is -2.40. The molecule has 0 atom stereocenters. The van der Waals surface area contributed by atoms with Crippen molar-refractivity contribution in [1.82, 2.24) is 14.9 Å². The fraction of sp³-hybridized carbons (Fsp3) is 0.476. The minimum atomic E-state index is -0.293. The number of aromatic nitrogens is 2. The molecular formula is C21H25N3O2. The van der Waals surface area contributed by atoms with E-state index >= 15 is 0 Å². The summed E-state index contributed by atoms with van der Waals surface area (Å²) >= 11 is 0. The van der Waals surface area contributed by atoms with Gasteiger partial charge in [-0.3, -0.25) is 9.59 Å². The fourth-order valence-electron chi connectivity index (χ4n) is 3.74. The Morgan fingerprint density at radius 1 is 1.12 bits per heavy atom. The van der Waals surface area contributed by atoms with Crippen LogP contribution in [-0.2, 0) is 6.42 Å². The number of benzene rings is 1. The van der Waals surface area contributed by atoms with Gasteiger partial charge in [0.1, 0.15) is 11.4 Å². The van der Waals surface area contributed by atoms with Crippen LogP contribution in [0.3, 0.4) is 0 Å². The van der Waals surface area contributed by atoms with Crippen LogP contribution in [0.2, 0.25) is 0 Å². The van der Waals surface area contributed by atoms with E-state index in [4.69, 9.17) is 0 Å². The molecule has 2 heterocycles. The lowest BCUT2D eigenvalue weighted by molar-refractivity contribution is 0.0684. The number of amides is 1. The number of rotatable bonds is 5. The van der Waals surface area contributed by atoms with Crippen molar-refractivity contribution in [3.05, 3.63) is 63.8 Å². The summed E-state index contributed by atoms with van der Waals surface area (Å²) in [5.74, 6) is 1.58. The third-order valence-corrected chi connectivity index (χ3v) is 5.60. The van der Waals surface area contributed by atoms with E-state index in [1.807, 2.05) is 11.0 Å². The molecular weight excluding hydrogens is 326 g/mol. The summed E-state index contributed by atoms with van der Waals surface area (Å²) in [6.45, 7) is 1.45. The molecule has 0 bridgehead atoms. The molecule has 0 radical (unpaired) electrons. The first-order chi connectivity index (χ1) is 12.7. The maximum atomic E-state index is 12.7. The molecule has 2 aromatic rings. The van der Waals surface area contributed by atoms with E-state index in [9.17, 15) is 9.59 Å². The Kier molecular flexibility index (Phi) is 4.87. The zero-order valence-corrected chi connectivity index (χ0v) is 15.0. The quantitative estimate of drug-likeness (QED) is 0.900. The van der Waals surface area contributed by atoms with Crippen LogP contribution in [0.1, 0.15) is 59.8 Å². The molecule has 0 unspecified atom stereocenters. The molecule has 1 aliphatic heterocycles. The van der Waals surface area contributed by atoms with Crippen molar-refractivity contribution in [1.29, 1.82) is 0 Å². The molecule has 26 heavy (non-hydrogen) atoms. The van der Waals surface area contributed by atoms with Crippen LogP contribution in [-0.4, -0.2) is 33.9 Å². The van der Waals surface area contributed by atoms with Crippen LogP contribution in [0.5, 0.6) is 0 Å². The van der Waals surface area contributed by atoms with E-state index in [2.05, 4.69) is 34.2 Å². The largest absolute Gasteiger partial charge is 0.338 e. The van der Waals surface area contributed by atoms with E-state index < -0.39 is 0 Å². The van der Waals surface area contributed by atoms with Gasteiger partial charge in [-0.2, -0.15) is 0 Å². The van der Waals surface area contributed by atoms with Gasteiger partial charge in [0.2, 0.25) is 0 Å². The average molecular weight is 351 g/mol. The van der Waals surface area contributed by atoms with Crippen molar-refractivity contribution in [2.75, 3.05) is 13.1 Å². The second-order valence-corrected chi connectivity index (χ2v) is 7.55. The second kappa shape index (κ2) is 7.44. The van der Waals surface area contributed by atoms with Gasteiger partial charge in [-0.05, 0) is 50.0 Å². The Balaban J connectivity index is 1.31. The summed E-state index contributed by atoms with van der Waals surface area (Å²) < 4.78 is 0. The fourth-order valence-corrected chi connectivity index (χ4v) is 3.74. The summed E-state index contributed by atoms with van der Waals surface area (Å²) in [5.41, 5.74) is 1.26. The Morgan fingerprint density at radius 3 is 2.50 bits per heavy atom. The first-order valence-corrected chi connectivity index (χ1v) is 9.63. The molecule has 1 aromatic carbocycles. The van der Waals surface area contributed by atoms with Crippen molar-refractivity contribution in [3.8, 4) is 0 Å². The van der Waals surface area contributed by atoms with Crippen molar-refractivity contribution in [3.63, 3.8) is 0 Å². The molecule has 1 N–H and O–H groups in total. The number of nitrogens with zero attached hydrogens (tertiary/aromatic N) is 2. The molecule has 4 rings (SSSR count). The number of hydrogen-bond donors (Lipinski definition) is 1. The third-order valence-electron chi connectivity index (χ3n) is 5.60. The van der Waals surface area contributed by atoms with Gasteiger partial charge < -0.3 is 9.88 Å². The highest BCUT2D eigenvalue weighted by atomic mass is 16.2. The Hall–Kier alpha value is -2.43. The summed E-state index contributed by atoms with van der Waals surface area (Å²) in [5, 5.41) is 0. The third kappa shape index (κ3) is 3.87. The number of H-pyrrole nitrogens is 1. The average Bonchev–Trinajstić information content (AvgIpc) is 3.52. The summed E-state index contributed by atoms with van der Waals surface area (Å²) in [6.07, 6.45) is 7.87. The van der Waals surface area contributed by atoms with E-state index in [0.717, 1.165) is 57.4 Å². The van der Waals surface area contributed by atoms with Gasteiger partial charge in [0.15, 0.2) is 0 Å². The van der Waals surface area contributed by atoms with Gasteiger partial charge in [0, 0.05) is 25.2 Å². The Labute approximate surface area is 153 Å². The Bertz CT molecular complexity index is 819. The number of likely N-dealkylation sites (tertiary alicyclic amines) is 1. The monoisotopic (exact) mass is 351 g/mol. The number of aromatic amines is 1. The molecule has 1 amide bonds. The molecule has 136 valence electrons. The highest BCUT2D eigenvalue weighted by Gasteiger charge is 2.28. The molecule has 1 aliphatic carbocycles. The molecule has 0 spiro atoms. The van der Waals surface area contributed by atoms with Gasteiger partial charge in [-0.1, -0.05) is 30.3 Å². The predicted molar refractivity (Wildman–Crippen MR) is 100 cm³/mol. The SMILES string of the molecule is O=C(c1cnc(C2CC2)[nH]c1=O)N1CCC(CCc2ccccc2)CC1. The molecule has 5 nitrogen and oxygen atoms in total. The normalized spacial score (nSPS) is 18.1. The molecule has 2 aliphatic rings. The lowest BCUT2D eigenvalue weighted by Gasteiger charge is -2.32. The summed E-state index contributed by atoms with van der Waals surface area (Å²) in [4.78, 5) is 33.8. The maximum Gasteiger partial charge on any atom is 0.263 e. The highest BCUT2D eigenvalue weighted by molar-refractivity contribution is 5.93. The number of piperidine rings is 1. The molecule has 1 saturated carbocycles. The molecule has 1 aromatic heterocycles. The van der Waals surface area contributed by atoms with Gasteiger partial charge in [0.05, 0.1) is 0 Å². The second-order valence-electron chi connectivity index (χ2n) is 7.55. The van der Waals surface area contributed by atoms with E-state index in [-0.39, 0.29) is 17.0 Å². The van der Waals surface area contributed by atoms with Crippen LogP contribution in [0.15, 0.2) is 41.3 Å². The zero-order chi connectivity index (χ0) is 17.9. The van der Waals surface area contributed by atoms with Crippen LogP contribution in [0.4, 0.5) is 0 Å². The lowest BCUT2D eigenvalue weighted by atomic mass is 9.90. The van der Waals surface area contributed by atoms with Crippen LogP contribution >= 0.6 is 0 Å². The maximum absolute atomic E-state index is 12.7. The first-order valence-electron chi connectivity index (χ1n) is 9.63. The first kappa shape index (κ1) is 17.0. The van der Waals surface area contributed by atoms with Crippen LogP contribution in [0, 0.1) is 5.92 Å². The van der Waals surface area contributed by atoms with Crippen LogP contribution in [0.25, 0.3) is 0 Å². The zero-order valence-electron chi connectivity index (χ0n) is 15.0. The number of aryl methyl sites for hydroxylation is 1. The molecule has 2 fully saturated rings. The van der Waals surface area contributed by atoms with Gasteiger partial charge in [-0.15, -0.1) is 0 Å². The summed E-state index contributed by atoms with van der Waals surface area (Å²) in [6, 6.07) is 10.5. The van der Waals surface area contributed by atoms with E-state index in [0.29, 0.717) is 11.8 Å². The minimum Gasteiger partial charge on any atom is -0.338 e. The van der Waals surface area contributed by atoms with Crippen molar-refractivity contribution >= 4 is 5.91 Å². The number of carbonyl (C=O) groups is 1. The highest BCUT2D eigenvalue weighted by Crippen LogP contribution is 2.37. The molecule has 1 saturated heterocycles. The predicted octanol–water partition coefficient (Wildman–Crippen LogP) is 3.13. The van der Waals surface area contributed by atoms with E-state index in [1.54, 1.807) is 0 Å². The van der Waals surface area contributed by atoms with E-state index in [1.165, 1.54) is 11.8 Å². The number of nitrogens with one attached hydrogen (secondary N) is 1. The van der Waals surface area contributed by atoms with Gasteiger partial charge in [-0.25, -0.2) is 4.98 Å². The number of carbonyl (C=O) groups excluding carboxylic acids is 1. The standard InChI is InChI=1S/C21H25N3O2/c25-20-18(14-22-19(23-20)17-8-9-17)21(26)24-12-10-16(11-13-24)7-6-15-4-2-1-3-5-15/h1-5,14,16-17H,6-13H2,(H,22,23,25).